The van der Waals surface area contributed by atoms with Gasteiger partial charge in [0.1, 0.15) is 0 Å². The first kappa shape index (κ1) is 16.5. The Morgan fingerprint density at radius 2 is 2.14 bits per heavy atom. The molecule has 1 aliphatic carbocycles. The van der Waals surface area contributed by atoms with Crippen molar-refractivity contribution in [3.8, 4) is 0 Å². The molecule has 1 aliphatic heterocycles. The summed E-state index contributed by atoms with van der Waals surface area (Å²) in [6, 6.07) is 0.402. The maximum Gasteiger partial charge on any atom is 0.243 e. The topological polar surface area (TPSA) is 41.6 Å². The van der Waals surface area contributed by atoms with Gasteiger partial charge in [0.25, 0.3) is 0 Å². The van der Waals surface area contributed by atoms with Gasteiger partial charge in [0.15, 0.2) is 0 Å². The summed E-state index contributed by atoms with van der Waals surface area (Å²) in [6.45, 7) is 11.0. The van der Waals surface area contributed by atoms with Crippen LogP contribution < -0.4 is 5.32 Å². The highest BCUT2D eigenvalue weighted by Crippen LogP contribution is 2.29. The predicted molar refractivity (Wildman–Crippen MR) is 85.1 cm³/mol. The second kappa shape index (κ2) is 7.95. The number of hydrogen-bond acceptors (Lipinski definition) is 3. The molecule has 2 unspecified atom stereocenters. The van der Waals surface area contributed by atoms with E-state index in [-0.39, 0.29) is 5.91 Å². The number of carbonyl (C=O) groups excluding carboxylic acids is 1. The van der Waals surface area contributed by atoms with Gasteiger partial charge in [-0.25, -0.2) is 0 Å². The maximum absolute atomic E-state index is 12.1. The lowest BCUT2D eigenvalue weighted by molar-refractivity contribution is -0.117. The molecule has 1 amide bonds. The van der Waals surface area contributed by atoms with Crippen molar-refractivity contribution in [2.24, 2.45) is 11.8 Å². The van der Waals surface area contributed by atoms with Gasteiger partial charge in [-0.05, 0) is 31.1 Å². The number of nitrogens with one attached hydrogen (secondary N) is 1. The first-order chi connectivity index (χ1) is 10.1. The van der Waals surface area contributed by atoms with E-state index in [0.717, 1.165) is 51.6 Å². The summed E-state index contributed by atoms with van der Waals surface area (Å²) in [5, 5.41) is 3.11. The Balaban J connectivity index is 1.82. The largest absolute Gasteiger partial charge is 0.379 e. The zero-order chi connectivity index (χ0) is 15.2. The van der Waals surface area contributed by atoms with Crippen LogP contribution in [-0.4, -0.2) is 49.7 Å². The molecule has 0 spiro atoms. The summed E-state index contributed by atoms with van der Waals surface area (Å²) in [6.07, 6.45) is 5.23. The van der Waals surface area contributed by atoms with Crippen LogP contribution in [0.15, 0.2) is 11.6 Å². The number of ether oxygens (including phenoxy) is 1. The van der Waals surface area contributed by atoms with E-state index < -0.39 is 0 Å². The molecule has 2 atom stereocenters. The predicted octanol–water partition coefficient (Wildman–Crippen LogP) is 2.21. The van der Waals surface area contributed by atoms with Crippen LogP contribution in [0.1, 0.15) is 40.0 Å². The molecule has 1 N–H and O–H groups in total. The van der Waals surface area contributed by atoms with Crippen LogP contribution in [0.3, 0.4) is 0 Å². The Morgan fingerprint density at radius 3 is 2.71 bits per heavy atom. The summed E-state index contributed by atoms with van der Waals surface area (Å²) in [4.78, 5) is 14.5. The van der Waals surface area contributed by atoms with Crippen molar-refractivity contribution in [3.05, 3.63) is 11.6 Å². The number of amides is 1. The Hall–Kier alpha value is -0.870. The average molecular weight is 294 g/mol. The molecule has 0 aromatic rings. The van der Waals surface area contributed by atoms with Gasteiger partial charge in [0, 0.05) is 31.8 Å². The van der Waals surface area contributed by atoms with Gasteiger partial charge in [0.2, 0.25) is 5.91 Å². The number of morpholine rings is 1. The van der Waals surface area contributed by atoms with Crippen LogP contribution in [0.25, 0.3) is 0 Å². The SMILES string of the molecule is CC1CC/C(=C/C(=O)NCC(C(C)C)N2CCOCC2)C1. The minimum atomic E-state index is 0.0815. The van der Waals surface area contributed by atoms with E-state index in [9.17, 15) is 4.79 Å². The molecule has 0 bridgehead atoms. The van der Waals surface area contributed by atoms with Gasteiger partial charge in [-0.3, -0.25) is 9.69 Å². The van der Waals surface area contributed by atoms with Gasteiger partial charge in [-0.1, -0.05) is 26.3 Å². The van der Waals surface area contributed by atoms with Crippen molar-refractivity contribution in [1.82, 2.24) is 10.2 Å². The Kier molecular flexibility index (Phi) is 6.24. The quantitative estimate of drug-likeness (QED) is 0.790. The van der Waals surface area contributed by atoms with Crippen LogP contribution in [0.2, 0.25) is 0 Å². The third kappa shape index (κ3) is 5.11. The molecule has 2 rings (SSSR count). The lowest BCUT2D eigenvalue weighted by Gasteiger charge is -2.36. The molecule has 0 aromatic heterocycles. The van der Waals surface area contributed by atoms with Crippen molar-refractivity contribution in [2.45, 2.75) is 46.1 Å². The summed E-state index contributed by atoms with van der Waals surface area (Å²) in [7, 11) is 0. The van der Waals surface area contributed by atoms with Crippen molar-refractivity contribution < 1.29 is 9.53 Å². The molecule has 1 saturated heterocycles. The van der Waals surface area contributed by atoms with E-state index in [0.29, 0.717) is 12.0 Å². The molecular weight excluding hydrogens is 264 g/mol. The first-order valence-electron chi connectivity index (χ1n) is 8.35. The third-order valence-electron chi connectivity index (χ3n) is 4.67. The minimum absolute atomic E-state index is 0.0815. The highest BCUT2D eigenvalue weighted by Gasteiger charge is 2.24. The van der Waals surface area contributed by atoms with Crippen LogP contribution in [0.5, 0.6) is 0 Å². The second-order valence-electron chi connectivity index (χ2n) is 6.86. The second-order valence-corrected chi connectivity index (χ2v) is 6.86. The summed E-state index contributed by atoms with van der Waals surface area (Å²) in [5.74, 6) is 1.35. The van der Waals surface area contributed by atoms with Crippen molar-refractivity contribution in [3.63, 3.8) is 0 Å². The highest BCUT2D eigenvalue weighted by atomic mass is 16.5. The fourth-order valence-electron chi connectivity index (χ4n) is 3.35. The fraction of sp³-hybridized carbons (Fsp3) is 0.824. The number of hydrogen-bond donors (Lipinski definition) is 1. The number of nitrogens with zero attached hydrogens (tertiary/aromatic N) is 1. The Labute approximate surface area is 128 Å². The minimum Gasteiger partial charge on any atom is -0.379 e. The molecule has 2 aliphatic rings. The molecule has 4 nitrogen and oxygen atoms in total. The van der Waals surface area contributed by atoms with Crippen molar-refractivity contribution >= 4 is 5.91 Å². The molecule has 0 radical (unpaired) electrons. The van der Waals surface area contributed by atoms with Crippen molar-refractivity contribution in [2.75, 3.05) is 32.8 Å². The van der Waals surface area contributed by atoms with E-state index in [1.807, 2.05) is 6.08 Å². The zero-order valence-corrected chi connectivity index (χ0v) is 13.7. The van der Waals surface area contributed by atoms with Crippen LogP contribution in [0, 0.1) is 11.8 Å². The summed E-state index contributed by atoms with van der Waals surface area (Å²) in [5.41, 5.74) is 1.31. The summed E-state index contributed by atoms with van der Waals surface area (Å²) >= 11 is 0. The summed E-state index contributed by atoms with van der Waals surface area (Å²) < 4.78 is 5.42. The molecule has 1 heterocycles. The van der Waals surface area contributed by atoms with E-state index in [2.05, 4.69) is 31.0 Å². The molecule has 2 fully saturated rings. The van der Waals surface area contributed by atoms with Crippen LogP contribution >= 0.6 is 0 Å². The van der Waals surface area contributed by atoms with Gasteiger partial charge in [-0.15, -0.1) is 0 Å². The van der Waals surface area contributed by atoms with Crippen molar-refractivity contribution in [1.29, 1.82) is 0 Å². The fourth-order valence-corrected chi connectivity index (χ4v) is 3.35. The van der Waals surface area contributed by atoms with E-state index in [1.165, 1.54) is 12.0 Å². The number of rotatable bonds is 5. The molecular formula is C17H30N2O2. The Bertz CT molecular complexity index is 373. The Morgan fingerprint density at radius 1 is 1.43 bits per heavy atom. The van der Waals surface area contributed by atoms with Gasteiger partial charge in [-0.2, -0.15) is 0 Å². The van der Waals surface area contributed by atoms with E-state index in [1.54, 1.807) is 0 Å². The van der Waals surface area contributed by atoms with Crippen LogP contribution in [0.4, 0.5) is 0 Å². The van der Waals surface area contributed by atoms with Gasteiger partial charge >= 0.3 is 0 Å². The zero-order valence-electron chi connectivity index (χ0n) is 13.7. The molecule has 4 heteroatoms. The molecule has 21 heavy (non-hydrogen) atoms. The average Bonchev–Trinajstić information content (AvgIpc) is 2.85. The van der Waals surface area contributed by atoms with Crippen LogP contribution in [-0.2, 0) is 9.53 Å². The van der Waals surface area contributed by atoms with E-state index >= 15 is 0 Å². The molecule has 0 aromatic carbocycles. The molecule has 120 valence electrons. The lowest BCUT2D eigenvalue weighted by Crippen LogP contribution is -2.51. The number of allylic oxidation sites excluding steroid dienone is 1. The first-order valence-corrected chi connectivity index (χ1v) is 8.35. The lowest BCUT2D eigenvalue weighted by atomic mass is 10.0. The molecule has 1 saturated carbocycles. The maximum atomic E-state index is 12.1. The number of carbonyl (C=O) groups is 1. The smallest absolute Gasteiger partial charge is 0.243 e. The normalized spacial score (nSPS) is 27.2. The highest BCUT2D eigenvalue weighted by molar-refractivity contribution is 5.88. The monoisotopic (exact) mass is 294 g/mol. The third-order valence-corrected chi connectivity index (χ3v) is 4.67. The standard InChI is InChI=1S/C17H30N2O2/c1-13(2)16(19-6-8-21-9-7-19)12-18-17(20)11-15-5-4-14(3)10-15/h11,13-14,16H,4-10,12H2,1-3H3,(H,18,20)/b15-11-. The van der Waals surface area contributed by atoms with Gasteiger partial charge in [0.05, 0.1) is 13.2 Å². The van der Waals surface area contributed by atoms with Gasteiger partial charge < -0.3 is 10.1 Å². The van der Waals surface area contributed by atoms with E-state index in [4.69, 9.17) is 4.74 Å².